The van der Waals surface area contributed by atoms with Crippen molar-refractivity contribution in [1.82, 2.24) is 0 Å². The van der Waals surface area contributed by atoms with E-state index in [0.717, 1.165) is 0 Å². The number of rotatable bonds is 2. The maximum atomic E-state index is 10.6. The molecule has 1 rings (SSSR count). The SMILES string of the molecule is O=C(OCO)C1COC1. The van der Waals surface area contributed by atoms with Gasteiger partial charge in [-0.15, -0.1) is 0 Å². The van der Waals surface area contributed by atoms with Gasteiger partial charge in [0.25, 0.3) is 0 Å². The quantitative estimate of drug-likeness (QED) is 0.392. The number of esters is 1. The second kappa shape index (κ2) is 2.80. The topological polar surface area (TPSA) is 55.8 Å². The predicted octanol–water partition coefficient (Wildman–Crippen LogP) is -0.874. The van der Waals surface area contributed by atoms with Crippen molar-refractivity contribution in [3.05, 3.63) is 0 Å². The zero-order valence-electron chi connectivity index (χ0n) is 4.87. The van der Waals surface area contributed by atoms with Gasteiger partial charge in [0.1, 0.15) is 5.92 Å². The minimum absolute atomic E-state index is 0.142. The second-order valence-electron chi connectivity index (χ2n) is 1.83. The summed E-state index contributed by atoms with van der Waals surface area (Å²) in [6.07, 6.45) is 0. The predicted molar refractivity (Wildman–Crippen MR) is 27.5 cm³/mol. The lowest BCUT2D eigenvalue weighted by atomic mass is 10.1. The Morgan fingerprint density at radius 3 is 2.78 bits per heavy atom. The normalized spacial score (nSPS) is 18.8. The molecule has 1 aliphatic rings. The Morgan fingerprint density at radius 2 is 2.44 bits per heavy atom. The van der Waals surface area contributed by atoms with Crippen LogP contribution < -0.4 is 0 Å². The van der Waals surface area contributed by atoms with Crippen molar-refractivity contribution < 1.29 is 19.4 Å². The van der Waals surface area contributed by atoms with E-state index in [1.54, 1.807) is 0 Å². The average Bonchev–Trinajstić information content (AvgIpc) is 1.60. The lowest BCUT2D eigenvalue weighted by molar-refractivity contribution is -0.171. The molecule has 0 aromatic carbocycles. The summed E-state index contributed by atoms with van der Waals surface area (Å²) in [6.45, 7) is 0.326. The third-order valence-electron chi connectivity index (χ3n) is 1.18. The molecule has 9 heavy (non-hydrogen) atoms. The van der Waals surface area contributed by atoms with Crippen molar-refractivity contribution in [2.75, 3.05) is 20.0 Å². The molecule has 0 saturated carbocycles. The van der Waals surface area contributed by atoms with Crippen LogP contribution in [0.1, 0.15) is 0 Å². The van der Waals surface area contributed by atoms with Gasteiger partial charge in [-0.25, -0.2) is 0 Å². The molecule has 1 aliphatic heterocycles. The molecule has 1 N–H and O–H groups in total. The Morgan fingerprint density at radius 1 is 1.78 bits per heavy atom. The Bertz CT molecular complexity index is 108. The second-order valence-corrected chi connectivity index (χ2v) is 1.83. The first-order chi connectivity index (χ1) is 4.34. The summed E-state index contributed by atoms with van der Waals surface area (Å²) >= 11 is 0. The zero-order chi connectivity index (χ0) is 6.69. The third kappa shape index (κ3) is 1.40. The molecule has 4 nitrogen and oxygen atoms in total. The van der Waals surface area contributed by atoms with E-state index in [-0.39, 0.29) is 11.9 Å². The highest BCUT2D eigenvalue weighted by Crippen LogP contribution is 2.10. The maximum Gasteiger partial charge on any atom is 0.315 e. The average molecular weight is 132 g/mol. The van der Waals surface area contributed by atoms with Crippen LogP contribution in [-0.2, 0) is 14.3 Å². The fraction of sp³-hybridized carbons (Fsp3) is 0.800. The molecular weight excluding hydrogens is 124 g/mol. The molecule has 1 fully saturated rings. The van der Waals surface area contributed by atoms with Crippen LogP contribution in [-0.4, -0.2) is 31.1 Å². The molecule has 0 atom stereocenters. The number of aliphatic hydroxyl groups is 1. The van der Waals surface area contributed by atoms with Gasteiger partial charge in [-0.2, -0.15) is 0 Å². The van der Waals surface area contributed by atoms with E-state index in [0.29, 0.717) is 13.2 Å². The molecule has 1 heterocycles. The van der Waals surface area contributed by atoms with Gasteiger partial charge < -0.3 is 14.6 Å². The summed E-state index contributed by atoms with van der Waals surface area (Å²) in [5.41, 5.74) is 0. The van der Waals surface area contributed by atoms with Gasteiger partial charge in [0.2, 0.25) is 0 Å². The van der Waals surface area contributed by atoms with Crippen LogP contribution in [0.2, 0.25) is 0 Å². The van der Waals surface area contributed by atoms with E-state index in [9.17, 15) is 4.79 Å². The van der Waals surface area contributed by atoms with Crippen LogP contribution >= 0.6 is 0 Å². The standard InChI is InChI=1S/C5H8O4/c6-3-9-5(7)4-1-8-2-4/h4,6H,1-3H2. The van der Waals surface area contributed by atoms with E-state index < -0.39 is 6.79 Å². The van der Waals surface area contributed by atoms with E-state index in [1.165, 1.54) is 0 Å². The number of carbonyl (C=O) groups excluding carboxylic acids is 1. The molecule has 0 aromatic rings. The molecular formula is C5H8O4. The van der Waals surface area contributed by atoms with E-state index in [1.807, 2.05) is 0 Å². The molecule has 0 aromatic heterocycles. The van der Waals surface area contributed by atoms with Crippen LogP contribution in [0.15, 0.2) is 0 Å². The van der Waals surface area contributed by atoms with Crippen molar-refractivity contribution in [3.8, 4) is 0 Å². The largest absolute Gasteiger partial charge is 0.438 e. The summed E-state index contributed by atoms with van der Waals surface area (Å²) < 4.78 is 9.00. The first kappa shape index (κ1) is 6.51. The highest BCUT2D eigenvalue weighted by molar-refractivity contribution is 5.73. The fourth-order valence-electron chi connectivity index (χ4n) is 0.553. The van der Waals surface area contributed by atoms with E-state index >= 15 is 0 Å². The number of hydrogen-bond donors (Lipinski definition) is 1. The molecule has 0 amide bonds. The summed E-state index contributed by atoms with van der Waals surface area (Å²) in [4.78, 5) is 10.6. The Hall–Kier alpha value is -0.610. The zero-order valence-corrected chi connectivity index (χ0v) is 4.87. The molecule has 52 valence electrons. The molecule has 0 aliphatic carbocycles. The van der Waals surface area contributed by atoms with Gasteiger partial charge >= 0.3 is 5.97 Å². The van der Waals surface area contributed by atoms with Gasteiger partial charge in [0, 0.05) is 0 Å². The molecule has 0 radical (unpaired) electrons. The van der Waals surface area contributed by atoms with Crippen molar-refractivity contribution in [2.24, 2.45) is 5.92 Å². The van der Waals surface area contributed by atoms with Crippen LogP contribution in [0.3, 0.4) is 0 Å². The van der Waals surface area contributed by atoms with Gasteiger partial charge in [-0.1, -0.05) is 0 Å². The van der Waals surface area contributed by atoms with Crippen molar-refractivity contribution in [3.63, 3.8) is 0 Å². The third-order valence-corrected chi connectivity index (χ3v) is 1.18. The minimum atomic E-state index is -0.532. The first-order valence-corrected chi connectivity index (χ1v) is 2.70. The monoisotopic (exact) mass is 132 g/mol. The Labute approximate surface area is 52.4 Å². The highest BCUT2D eigenvalue weighted by atomic mass is 16.6. The maximum absolute atomic E-state index is 10.6. The minimum Gasteiger partial charge on any atom is -0.438 e. The molecule has 0 spiro atoms. The van der Waals surface area contributed by atoms with Gasteiger partial charge in [0.15, 0.2) is 6.79 Å². The lowest BCUT2D eigenvalue weighted by Gasteiger charge is -2.22. The van der Waals surface area contributed by atoms with Crippen LogP contribution in [0.25, 0.3) is 0 Å². The van der Waals surface area contributed by atoms with Crippen LogP contribution in [0.5, 0.6) is 0 Å². The number of aliphatic hydroxyl groups excluding tert-OH is 1. The van der Waals surface area contributed by atoms with E-state index in [2.05, 4.69) is 4.74 Å². The summed E-state index contributed by atoms with van der Waals surface area (Å²) in [7, 11) is 0. The first-order valence-electron chi connectivity index (χ1n) is 2.70. The summed E-state index contributed by atoms with van der Waals surface area (Å²) in [6, 6.07) is 0. The molecule has 1 saturated heterocycles. The number of hydrogen-bond acceptors (Lipinski definition) is 4. The van der Waals surface area contributed by atoms with Crippen molar-refractivity contribution in [2.45, 2.75) is 0 Å². The Balaban J connectivity index is 2.16. The molecule has 0 bridgehead atoms. The fourth-order valence-corrected chi connectivity index (χ4v) is 0.553. The van der Waals surface area contributed by atoms with Gasteiger partial charge in [0.05, 0.1) is 13.2 Å². The van der Waals surface area contributed by atoms with Crippen molar-refractivity contribution in [1.29, 1.82) is 0 Å². The van der Waals surface area contributed by atoms with Gasteiger partial charge in [-0.3, -0.25) is 4.79 Å². The summed E-state index contributed by atoms with van der Waals surface area (Å²) in [5, 5.41) is 8.12. The van der Waals surface area contributed by atoms with Crippen LogP contribution in [0, 0.1) is 5.92 Å². The van der Waals surface area contributed by atoms with E-state index in [4.69, 9.17) is 9.84 Å². The smallest absolute Gasteiger partial charge is 0.315 e. The summed E-state index contributed by atoms with van der Waals surface area (Å²) in [5.74, 6) is -0.513. The van der Waals surface area contributed by atoms with Crippen LogP contribution in [0.4, 0.5) is 0 Å². The number of ether oxygens (including phenoxy) is 2. The van der Waals surface area contributed by atoms with Gasteiger partial charge in [-0.05, 0) is 0 Å². The lowest BCUT2D eigenvalue weighted by Crippen LogP contribution is -2.36. The highest BCUT2D eigenvalue weighted by Gasteiger charge is 2.27. The molecule has 0 unspecified atom stereocenters. The Kier molecular flexibility index (Phi) is 2.02. The number of carbonyl (C=O) groups is 1. The van der Waals surface area contributed by atoms with Crippen molar-refractivity contribution >= 4 is 5.97 Å². The molecule has 4 heteroatoms.